The summed E-state index contributed by atoms with van der Waals surface area (Å²) < 4.78 is 6.68. The molecule has 6 aromatic rings. The first kappa shape index (κ1) is 35.7. The molecule has 0 radical (unpaired) electrons. The molecule has 0 spiro atoms. The molecule has 8 nitrogen and oxygen atoms in total. The van der Waals surface area contributed by atoms with Gasteiger partial charge in [0.25, 0.3) is 0 Å². The lowest BCUT2D eigenvalue weighted by Crippen LogP contribution is -2.26. The third kappa shape index (κ3) is 8.60. The number of hydrogen-bond donors (Lipinski definition) is 0. The van der Waals surface area contributed by atoms with Gasteiger partial charge in [-0.15, -0.1) is 22.7 Å². The summed E-state index contributed by atoms with van der Waals surface area (Å²) in [5.41, 5.74) is 8.36. The monoisotopic (exact) mass is 738 g/mol. The van der Waals surface area contributed by atoms with Crippen LogP contribution in [0.15, 0.2) is 95.2 Å². The average molecular weight is 739 g/mol. The molecule has 2 heterocycles. The van der Waals surface area contributed by atoms with Crippen molar-refractivity contribution in [1.82, 2.24) is 19.8 Å². The standard InChI is InChI=1S/C38H42N8S4/c1-43(2)37(44(3)4)47-23-25-9-19-33-31(21-25)39-35(49-33)27-11-15-29(16-12-27)41-42-30-17-13-28(14-18-30)36-40-32-22-26(10-20-34(32)50-36)24-48-38(45(5)6)46(7)8/h9-22H,23-24H2,1-8H3/q+2. The normalized spacial score (nSPS) is 11.4. The molecule has 0 saturated heterocycles. The van der Waals surface area contributed by atoms with Crippen molar-refractivity contribution in [3.8, 4) is 21.1 Å². The van der Waals surface area contributed by atoms with Gasteiger partial charge in [-0.3, -0.25) is 19.0 Å². The van der Waals surface area contributed by atoms with Crippen molar-refractivity contribution in [3.63, 3.8) is 0 Å². The minimum absolute atomic E-state index is 0.799. The Labute approximate surface area is 310 Å². The van der Waals surface area contributed by atoms with Gasteiger partial charge in [0, 0.05) is 22.6 Å². The number of aromatic nitrogens is 2. The van der Waals surface area contributed by atoms with Crippen LogP contribution in [0.5, 0.6) is 0 Å². The number of thiazole rings is 2. The summed E-state index contributed by atoms with van der Waals surface area (Å²) in [6, 6.07) is 29.5. The van der Waals surface area contributed by atoms with Crippen molar-refractivity contribution < 1.29 is 9.15 Å². The van der Waals surface area contributed by atoms with E-state index < -0.39 is 0 Å². The average Bonchev–Trinajstić information content (AvgIpc) is 3.71. The Morgan fingerprint density at radius 1 is 0.580 bits per heavy atom. The van der Waals surface area contributed by atoms with E-state index in [1.165, 1.54) is 30.9 Å². The molecule has 0 aliphatic carbocycles. The zero-order valence-corrected chi connectivity index (χ0v) is 33.0. The van der Waals surface area contributed by atoms with Crippen molar-refractivity contribution in [2.75, 3.05) is 56.4 Å². The first-order valence-corrected chi connectivity index (χ1v) is 19.7. The highest BCUT2D eigenvalue weighted by Crippen LogP contribution is 2.34. The van der Waals surface area contributed by atoms with Crippen LogP contribution in [0.2, 0.25) is 0 Å². The minimum atomic E-state index is 0.799. The van der Waals surface area contributed by atoms with Crippen LogP contribution in [0, 0.1) is 0 Å². The summed E-state index contributed by atoms with van der Waals surface area (Å²) in [5.74, 6) is 1.79. The number of amidine groups is 2. The van der Waals surface area contributed by atoms with E-state index in [-0.39, 0.29) is 0 Å². The van der Waals surface area contributed by atoms with Crippen LogP contribution in [0.3, 0.4) is 0 Å². The van der Waals surface area contributed by atoms with Gasteiger partial charge < -0.3 is 0 Å². The van der Waals surface area contributed by atoms with E-state index in [0.717, 1.165) is 55.1 Å². The van der Waals surface area contributed by atoms with E-state index in [1.807, 2.05) is 47.8 Å². The van der Waals surface area contributed by atoms with Crippen LogP contribution in [-0.2, 0) is 11.5 Å². The molecule has 4 aromatic carbocycles. The Balaban J connectivity index is 1.08. The third-order valence-electron chi connectivity index (χ3n) is 7.68. The van der Waals surface area contributed by atoms with Gasteiger partial charge in [-0.2, -0.15) is 10.2 Å². The molecule has 12 heteroatoms. The molecule has 0 amide bonds. The maximum absolute atomic E-state index is 4.96. The highest BCUT2D eigenvalue weighted by atomic mass is 32.2. The van der Waals surface area contributed by atoms with Crippen molar-refractivity contribution in [1.29, 1.82) is 0 Å². The van der Waals surface area contributed by atoms with Crippen molar-refractivity contribution in [2.24, 2.45) is 10.2 Å². The predicted octanol–water partition coefficient (Wildman–Crippen LogP) is 9.50. The van der Waals surface area contributed by atoms with Gasteiger partial charge in [-0.1, -0.05) is 12.1 Å². The SMILES string of the molecule is CN(C)C(SCc1ccc2sc(-c3ccc(N=Nc4ccc(-c5nc6cc(CSC(N(C)C)=[N+](C)C)ccc6s5)cc4)cc3)nc2c1)=[N+](C)C. The third-order valence-corrected chi connectivity index (χ3v) is 12.8. The lowest BCUT2D eigenvalue weighted by atomic mass is 10.2. The molecule has 0 aliphatic heterocycles. The van der Waals surface area contributed by atoms with Crippen LogP contribution in [-0.4, -0.2) is 95.6 Å². The van der Waals surface area contributed by atoms with E-state index in [4.69, 9.17) is 9.97 Å². The Morgan fingerprint density at radius 2 is 0.960 bits per heavy atom. The maximum atomic E-state index is 4.96. The summed E-state index contributed by atoms with van der Waals surface area (Å²) in [5, 5.41) is 13.4. The molecule has 0 saturated carbocycles. The van der Waals surface area contributed by atoms with Crippen LogP contribution in [0.1, 0.15) is 11.1 Å². The molecule has 0 N–H and O–H groups in total. The second kappa shape index (κ2) is 15.8. The second-order valence-corrected chi connectivity index (χ2v) is 16.6. The predicted molar refractivity (Wildman–Crippen MR) is 218 cm³/mol. The fourth-order valence-corrected chi connectivity index (χ4v) is 9.33. The number of benzene rings is 4. The first-order valence-electron chi connectivity index (χ1n) is 16.1. The minimum Gasteiger partial charge on any atom is -0.262 e. The molecular formula is C38H42N8S4+2. The van der Waals surface area contributed by atoms with Crippen LogP contribution >= 0.6 is 46.2 Å². The topological polar surface area (TPSA) is 63.0 Å². The van der Waals surface area contributed by atoms with E-state index in [0.29, 0.717) is 0 Å². The lowest BCUT2D eigenvalue weighted by molar-refractivity contribution is -0.466. The number of azo groups is 1. The molecule has 0 bridgehead atoms. The van der Waals surface area contributed by atoms with Crippen molar-refractivity contribution in [2.45, 2.75) is 11.5 Å². The number of hydrogen-bond acceptors (Lipinski definition) is 8. The number of rotatable bonds is 8. The number of nitrogens with zero attached hydrogens (tertiary/aromatic N) is 8. The van der Waals surface area contributed by atoms with Gasteiger partial charge in [0.2, 0.25) is 0 Å². The molecule has 0 atom stereocenters. The van der Waals surface area contributed by atoms with E-state index in [2.05, 4.69) is 146 Å². The molecule has 0 fully saturated rings. The van der Waals surface area contributed by atoms with Gasteiger partial charge in [0.1, 0.15) is 10.0 Å². The highest BCUT2D eigenvalue weighted by Gasteiger charge is 2.15. The van der Waals surface area contributed by atoms with E-state index in [1.54, 1.807) is 22.7 Å². The molecule has 50 heavy (non-hydrogen) atoms. The van der Waals surface area contributed by atoms with Gasteiger partial charge >= 0.3 is 10.3 Å². The van der Waals surface area contributed by atoms with Crippen molar-refractivity contribution >= 4 is 88.3 Å². The van der Waals surface area contributed by atoms with E-state index in [9.17, 15) is 0 Å². The fraction of sp³-hybridized carbons (Fsp3) is 0.263. The molecule has 2 aromatic heterocycles. The highest BCUT2D eigenvalue weighted by molar-refractivity contribution is 8.13. The van der Waals surface area contributed by atoms with Crippen LogP contribution in [0.25, 0.3) is 41.6 Å². The molecule has 6 rings (SSSR count). The van der Waals surface area contributed by atoms with Gasteiger partial charge in [0.15, 0.2) is 0 Å². The van der Waals surface area contributed by atoms with Crippen LogP contribution in [0.4, 0.5) is 11.4 Å². The van der Waals surface area contributed by atoms with Crippen LogP contribution < -0.4 is 0 Å². The molecule has 0 unspecified atom stereocenters. The first-order chi connectivity index (χ1) is 24.0. The fourth-order valence-electron chi connectivity index (χ4n) is 5.44. The quantitative estimate of drug-likeness (QED) is 0.0671. The molecule has 256 valence electrons. The van der Waals surface area contributed by atoms with Crippen molar-refractivity contribution in [3.05, 3.63) is 96.1 Å². The Kier molecular flexibility index (Phi) is 11.3. The van der Waals surface area contributed by atoms with Gasteiger partial charge in [0.05, 0.1) is 88.2 Å². The summed E-state index contributed by atoms with van der Waals surface area (Å²) in [6.07, 6.45) is 0. The maximum Gasteiger partial charge on any atom is 0.307 e. The molecular weight excluding hydrogens is 697 g/mol. The summed E-state index contributed by atoms with van der Waals surface area (Å²) >= 11 is 7.09. The number of thioether (sulfide) groups is 2. The molecule has 0 aliphatic rings. The summed E-state index contributed by atoms with van der Waals surface area (Å²) in [6.45, 7) is 0. The Morgan fingerprint density at radius 3 is 1.30 bits per heavy atom. The Hall–Kier alpha value is -4.10. The summed E-state index contributed by atoms with van der Waals surface area (Å²) in [7, 11) is 16.6. The zero-order valence-electron chi connectivity index (χ0n) is 29.7. The zero-order chi connectivity index (χ0) is 35.4. The Bertz CT molecular complexity index is 2050. The van der Waals surface area contributed by atoms with Gasteiger partial charge in [-0.05, 0) is 107 Å². The van der Waals surface area contributed by atoms with Gasteiger partial charge in [-0.25, -0.2) is 9.97 Å². The number of fused-ring (bicyclic) bond motifs is 2. The largest absolute Gasteiger partial charge is 0.307 e. The smallest absolute Gasteiger partial charge is 0.262 e. The van der Waals surface area contributed by atoms with E-state index >= 15 is 0 Å². The second-order valence-electron chi connectivity index (χ2n) is 12.7. The lowest BCUT2D eigenvalue weighted by Gasteiger charge is -2.10. The summed E-state index contributed by atoms with van der Waals surface area (Å²) in [4.78, 5) is 14.2.